The monoisotopic (exact) mass is 480 g/mol. The first-order valence-corrected chi connectivity index (χ1v) is 13.5. The topological polar surface area (TPSA) is 0 Å². The minimum Gasteiger partial charge on any atom is -0.0622 e. The zero-order valence-electron chi connectivity index (χ0n) is 21.0. The lowest BCUT2D eigenvalue weighted by molar-refractivity contribution is 1.18. The molecule has 0 amide bonds. The fourth-order valence-electron chi connectivity index (χ4n) is 7.19. The van der Waals surface area contributed by atoms with Gasteiger partial charge in [-0.25, -0.2) is 0 Å². The second-order valence-electron chi connectivity index (χ2n) is 10.9. The number of rotatable bonds is 4. The summed E-state index contributed by atoms with van der Waals surface area (Å²) in [4.78, 5) is 0. The van der Waals surface area contributed by atoms with Crippen molar-refractivity contribution < 1.29 is 0 Å². The largest absolute Gasteiger partial charge is 0.0622 e. The van der Waals surface area contributed by atoms with Crippen LogP contribution < -0.4 is 0 Å². The van der Waals surface area contributed by atoms with Crippen LogP contribution in [0.5, 0.6) is 0 Å². The van der Waals surface area contributed by atoms with Crippen molar-refractivity contribution in [2.45, 2.75) is 12.8 Å². The fourth-order valence-corrected chi connectivity index (χ4v) is 7.19. The van der Waals surface area contributed by atoms with Crippen LogP contribution in [0.15, 0.2) is 121 Å². The Morgan fingerprint density at radius 3 is 1.03 bits per heavy atom. The van der Waals surface area contributed by atoms with E-state index in [0.717, 1.165) is 12.8 Å². The average molecular weight is 481 g/mol. The average Bonchev–Trinajstić information content (AvgIpc) is 2.97. The summed E-state index contributed by atoms with van der Waals surface area (Å²) in [5.41, 5.74) is 5.57. The van der Waals surface area contributed by atoms with Gasteiger partial charge >= 0.3 is 0 Å². The van der Waals surface area contributed by atoms with Crippen LogP contribution in [0.25, 0.3) is 64.6 Å². The quantitative estimate of drug-likeness (QED) is 0.174. The van der Waals surface area contributed by atoms with E-state index in [1.54, 1.807) is 0 Å². The van der Waals surface area contributed by atoms with Gasteiger partial charge in [0.25, 0.3) is 0 Å². The Morgan fingerprint density at radius 2 is 0.632 bits per heavy atom. The van der Waals surface area contributed by atoms with E-state index < -0.39 is 0 Å². The molecule has 0 N–H and O–H groups in total. The lowest BCUT2D eigenvalue weighted by atomic mass is 9.79. The third-order valence-electron chi connectivity index (χ3n) is 8.74. The van der Waals surface area contributed by atoms with E-state index in [1.807, 2.05) is 0 Å². The summed E-state index contributed by atoms with van der Waals surface area (Å²) in [6.07, 6.45) is 1.86. The molecule has 176 valence electrons. The zero-order chi connectivity index (χ0) is 24.8. The molecule has 38 heavy (non-hydrogen) atoms. The van der Waals surface area contributed by atoms with Crippen LogP contribution in [0.2, 0.25) is 0 Å². The standard InChI is InChI=1S/C38H24/c1-3-7-23(8-4-1)19-30-21-28-17-15-26-13-11-25-12-14-27-16-18-29-22-31(20-24-9-5-2-6-10-24)32(30)38-36(28)34(26)33(25)35(27)37(29)38/h1-18,21-22H,19-20H2. The second-order valence-corrected chi connectivity index (χ2v) is 10.9. The molecule has 0 aliphatic rings. The van der Waals surface area contributed by atoms with E-state index in [2.05, 4.69) is 121 Å². The Balaban J connectivity index is 1.53. The SMILES string of the molecule is c1ccc(Cc2cc3ccc4ccc5ccc6ccc7cc(Cc8ccccc8)c2c2c3c4c5c6c72)cc1. The van der Waals surface area contributed by atoms with Crippen molar-refractivity contribution in [3.05, 3.63) is 144 Å². The summed E-state index contributed by atoms with van der Waals surface area (Å²) in [6, 6.07) is 45.4. The van der Waals surface area contributed by atoms with Gasteiger partial charge in [0.05, 0.1) is 0 Å². The smallest absolute Gasteiger partial charge is 0.000809 e. The molecule has 0 nitrogen and oxygen atoms in total. The molecule has 0 unspecified atom stereocenters. The summed E-state index contributed by atoms with van der Waals surface area (Å²) < 4.78 is 0. The van der Waals surface area contributed by atoms with Gasteiger partial charge in [0.2, 0.25) is 0 Å². The molecular formula is C38H24. The second kappa shape index (κ2) is 7.43. The van der Waals surface area contributed by atoms with Gasteiger partial charge in [-0.1, -0.05) is 121 Å². The molecular weight excluding hydrogens is 456 g/mol. The van der Waals surface area contributed by atoms with Crippen LogP contribution in [0, 0.1) is 0 Å². The van der Waals surface area contributed by atoms with E-state index in [9.17, 15) is 0 Å². The van der Waals surface area contributed by atoms with Gasteiger partial charge in [-0.3, -0.25) is 0 Å². The zero-order valence-corrected chi connectivity index (χ0v) is 21.0. The van der Waals surface area contributed by atoms with Crippen molar-refractivity contribution in [1.82, 2.24) is 0 Å². The van der Waals surface area contributed by atoms with Crippen molar-refractivity contribution in [1.29, 1.82) is 0 Å². The Bertz CT molecular complexity index is 2100. The number of hydrogen-bond donors (Lipinski definition) is 0. The molecule has 0 spiro atoms. The van der Waals surface area contributed by atoms with Crippen LogP contribution in [-0.2, 0) is 12.8 Å². The van der Waals surface area contributed by atoms with Crippen molar-refractivity contribution >= 4 is 64.6 Å². The van der Waals surface area contributed by atoms with E-state index in [-0.39, 0.29) is 0 Å². The number of hydrogen-bond acceptors (Lipinski definition) is 0. The minimum atomic E-state index is 0.931. The first-order chi connectivity index (χ1) is 18.8. The van der Waals surface area contributed by atoms with Crippen molar-refractivity contribution in [3.8, 4) is 0 Å². The van der Waals surface area contributed by atoms with Gasteiger partial charge in [-0.05, 0) is 99.7 Å². The van der Waals surface area contributed by atoms with E-state index in [4.69, 9.17) is 0 Å². The highest BCUT2D eigenvalue weighted by Gasteiger charge is 2.23. The number of benzene rings is 9. The Labute approximate surface area is 220 Å². The summed E-state index contributed by atoms with van der Waals surface area (Å²) >= 11 is 0. The minimum absolute atomic E-state index is 0.931. The van der Waals surface area contributed by atoms with Gasteiger partial charge in [0.15, 0.2) is 0 Å². The van der Waals surface area contributed by atoms with Gasteiger partial charge in [-0.2, -0.15) is 0 Å². The van der Waals surface area contributed by atoms with Crippen LogP contribution in [-0.4, -0.2) is 0 Å². The predicted octanol–water partition coefficient (Wildman–Crippen LogP) is 10.1. The first kappa shape index (κ1) is 20.4. The maximum atomic E-state index is 2.48. The Kier molecular flexibility index (Phi) is 3.99. The molecule has 0 heteroatoms. The lowest BCUT2D eigenvalue weighted by Gasteiger charge is -2.24. The van der Waals surface area contributed by atoms with Gasteiger partial charge in [0.1, 0.15) is 0 Å². The first-order valence-electron chi connectivity index (χ1n) is 13.5. The van der Waals surface area contributed by atoms with E-state index >= 15 is 0 Å². The maximum absolute atomic E-state index is 2.48. The van der Waals surface area contributed by atoms with Gasteiger partial charge < -0.3 is 0 Å². The summed E-state index contributed by atoms with van der Waals surface area (Å²) in [5, 5.41) is 16.8. The molecule has 9 rings (SSSR count). The third-order valence-corrected chi connectivity index (χ3v) is 8.74. The maximum Gasteiger partial charge on any atom is -0.000809 e. The van der Waals surface area contributed by atoms with Crippen LogP contribution >= 0.6 is 0 Å². The molecule has 0 aromatic heterocycles. The third kappa shape index (κ3) is 2.70. The van der Waals surface area contributed by atoms with Crippen LogP contribution in [0.1, 0.15) is 22.3 Å². The van der Waals surface area contributed by atoms with E-state index in [1.165, 1.54) is 86.9 Å². The summed E-state index contributed by atoms with van der Waals surface area (Å²) in [5.74, 6) is 0. The molecule has 0 saturated carbocycles. The molecule has 0 aliphatic carbocycles. The molecule has 0 fully saturated rings. The molecule has 0 heterocycles. The molecule has 9 aromatic carbocycles. The Hall–Kier alpha value is -4.68. The molecule has 0 atom stereocenters. The van der Waals surface area contributed by atoms with Crippen LogP contribution in [0.4, 0.5) is 0 Å². The summed E-state index contributed by atoms with van der Waals surface area (Å²) in [7, 11) is 0. The highest BCUT2D eigenvalue weighted by molar-refractivity contribution is 6.45. The molecule has 9 aromatic rings. The normalized spacial score (nSPS) is 12.4. The summed E-state index contributed by atoms with van der Waals surface area (Å²) in [6.45, 7) is 0. The predicted molar refractivity (Wildman–Crippen MR) is 164 cm³/mol. The Morgan fingerprint density at radius 1 is 0.289 bits per heavy atom. The molecule has 0 radical (unpaired) electrons. The van der Waals surface area contributed by atoms with Gasteiger partial charge in [-0.15, -0.1) is 0 Å². The van der Waals surface area contributed by atoms with Crippen molar-refractivity contribution in [2.24, 2.45) is 0 Å². The van der Waals surface area contributed by atoms with Crippen molar-refractivity contribution in [3.63, 3.8) is 0 Å². The fraction of sp³-hybridized carbons (Fsp3) is 0.0526. The molecule has 0 bridgehead atoms. The van der Waals surface area contributed by atoms with Gasteiger partial charge in [0, 0.05) is 0 Å². The highest BCUT2D eigenvalue weighted by atomic mass is 14.3. The van der Waals surface area contributed by atoms with Crippen molar-refractivity contribution in [2.75, 3.05) is 0 Å². The lowest BCUT2D eigenvalue weighted by Crippen LogP contribution is -2.00. The highest BCUT2D eigenvalue weighted by Crippen LogP contribution is 2.50. The van der Waals surface area contributed by atoms with E-state index in [0.29, 0.717) is 0 Å². The van der Waals surface area contributed by atoms with Crippen LogP contribution in [0.3, 0.4) is 0 Å². The molecule has 0 aliphatic heterocycles. The molecule has 0 saturated heterocycles.